The molecule has 0 bridgehead atoms. The molecule has 0 aliphatic heterocycles. The normalized spacial score (nSPS) is 16.3. The zero-order valence-electron chi connectivity index (χ0n) is 15.2. The lowest BCUT2D eigenvalue weighted by atomic mass is 9.68. The highest BCUT2D eigenvalue weighted by atomic mass is 16.5. The first kappa shape index (κ1) is 17.0. The van der Waals surface area contributed by atoms with Crippen LogP contribution in [0.4, 0.5) is 0 Å². The number of carbonyl (C=O) groups is 2. The zero-order chi connectivity index (χ0) is 19.5. The minimum Gasteiger partial charge on any atom is -0.496 e. The topological polar surface area (TPSA) is 87.4 Å². The highest BCUT2D eigenvalue weighted by molar-refractivity contribution is 6.33. The molecule has 2 aromatic carbocycles. The molecule has 0 amide bonds. The van der Waals surface area contributed by atoms with E-state index in [1.807, 2.05) is 26.0 Å². The molecule has 5 nitrogen and oxygen atoms in total. The van der Waals surface area contributed by atoms with Gasteiger partial charge in [-0.25, -0.2) is 4.79 Å². The summed E-state index contributed by atoms with van der Waals surface area (Å²) in [7, 11) is 1.42. The van der Waals surface area contributed by atoms with Crippen molar-refractivity contribution in [1.29, 1.82) is 5.26 Å². The first-order valence-corrected chi connectivity index (χ1v) is 8.57. The number of hydrogen-bond donors (Lipinski definition) is 1. The number of allylic oxidation sites excluding steroid dienone is 2. The third-order valence-corrected chi connectivity index (χ3v) is 5.64. The van der Waals surface area contributed by atoms with Crippen molar-refractivity contribution in [3.05, 3.63) is 69.3 Å². The van der Waals surface area contributed by atoms with Gasteiger partial charge in [0.15, 0.2) is 5.78 Å². The summed E-state index contributed by atoms with van der Waals surface area (Å²) in [5.74, 6) is -1.06. The predicted molar refractivity (Wildman–Crippen MR) is 99.1 cm³/mol. The number of hydrogen-bond acceptors (Lipinski definition) is 4. The Kier molecular flexibility index (Phi) is 3.50. The van der Waals surface area contributed by atoms with Gasteiger partial charge in [-0.05, 0) is 52.9 Å². The molecule has 4 rings (SSSR count). The Morgan fingerprint density at radius 1 is 1.22 bits per heavy atom. The molecule has 27 heavy (non-hydrogen) atoms. The highest BCUT2D eigenvalue weighted by Crippen LogP contribution is 2.50. The van der Waals surface area contributed by atoms with Crippen molar-refractivity contribution in [3.8, 4) is 11.8 Å². The summed E-state index contributed by atoms with van der Waals surface area (Å²) in [6, 6.07) is 10.6. The van der Waals surface area contributed by atoms with Gasteiger partial charge in [0.2, 0.25) is 0 Å². The summed E-state index contributed by atoms with van der Waals surface area (Å²) in [4.78, 5) is 24.9. The summed E-state index contributed by atoms with van der Waals surface area (Å²) in [5.41, 5.74) is 4.65. The number of benzene rings is 2. The number of aromatic carboxylic acids is 1. The van der Waals surface area contributed by atoms with Crippen LogP contribution in [0, 0.1) is 11.3 Å². The molecule has 0 radical (unpaired) electrons. The second-order valence-corrected chi connectivity index (χ2v) is 7.37. The lowest BCUT2D eigenvalue weighted by Crippen LogP contribution is -2.30. The van der Waals surface area contributed by atoms with E-state index in [9.17, 15) is 14.7 Å². The van der Waals surface area contributed by atoms with Gasteiger partial charge in [-0.1, -0.05) is 19.9 Å². The molecule has 134 valence electrons. The van der Waals surface area contributed by atoms with Gasteiger partial charge in [-0.15, -0.1) is 0 Å². The number of carbonyl (C=O) groups excluding carboxylic acids is 1. The second-order valence-electron chi connectivity index (χ2n) is 7.37. The van der Waals surface area contributed by atoms with Crippen LogP contribution >= 0.6 is 0 Å². The number of Topliss-reactive ketones (excluding diaryl/α,β-unsaturated/α-hetero) is 1. The maximum Gasteiger partial charge on any atom is 0.339 e. The van der Waals surface area contributed by atoms with Crippen LogP contribution in [0.15, 0.2) is 35.9 Å². The van der Waals surface area contributed by atoms with Gasteiger partial charge in [-0.2, -0.15) is 5.26 Å². The Morgan fingerprint density at radius 3 is 2.59 bits per heavy atom. The van der Waals surface area contributed by atoms with E-state index in [4.69, 9.17) is 10.00 Å². The van der Waals surface area contributed by atoms with E-state index in [1.165, 1.54) is 13.2 Å². The van der Waals surface area contributed by atoms with Crippen LogP contribution in [-0.4, -0.2) is 24.0 Å². The first-order chi connectivity index (χ1) is 12.8. The molecular weight excluding hydrogens is 342 g/mol. The van der Waals surface area contributed by atoms with Crippen LogP contribution in [0.3, 0.4) is 0 Å². The smallest absolute Gasteiger partial charge is 0.339 e. The largest absolute Gasteiger partial charge is 0.496 e. The van der Waals surface area contributed by atoms with E-state index in [1.54, 1.807) is 12.1 Å². The number of rotatable bonds is 2. The molecule has 0 spiro atoms. The lowest BCUT2D eigenvalue weighted by molar-refractivity contribution is 0.0693. The van der Waals surface area contributed by atoms with Gasteiger partial charge in [0, 0.05) is 16.6 Å². The number of ketones is 1. The number of carboxylic acids is 1. The first-order valence-electron chi connectivity index (χ1n) is 8.57. The third-order valence-electron chi connectivity index (χ3n) is 5.64. The van der Waals surface area contributed by atoms with Crippen molar-refractivity contribution in [2.75, 3.05) is 7.11 Å². The molecule has 2 aliphatic carbocycles. The van der Waals surface area contributed by atoms with E-state index < -0.39 is 11.4 Å². The quantitative estimate of drug-likeness (QED) is 0.882. The number of carboxylic acid groups (broad SMARTS) is 1. The number of ether oxygens (including phenoxy) is 1. The van der Waals surface area contributed by atoms with Crippen LogP contribution in [0.2, 0.25) is 0 Å². The molecule has 0 saturated heterocycles. The summed E-state index contributed by atoms with van der Waals surface area (Å²) >= 11 is 0. The van der Waals surface area contributed by atoms with Gasteiger partial charge in [-0.3, -0.25) is 4.79 Å². The van der Waals surface area contributed by atoms with Crippen molar-refractivity contribution in [2.24, 2.45) is 0 Å². The molecule has 2 aromatic rings. The summed E-state index contributed by atoms with van der Waals surface area (Å²) < 4.78 is 5.26. The molecular formula is C22H17NO4. The van der Waals surface area contributed by atoms with E-state index in [0.29, 0.717) is 23.1 Å². The van der Waals surface area contributed by atoms with Crippen molar-refractivity contribution >= 4 is 17.3 Å². The van der Waals surface area contributed by atoms with Crippen LogP contribution in [0.25, 0.3) is 5.57 Å². The summed E-state index contributed by atoms with van der Waals surface area (Å²) in [6.45, 7) is 4.06. The van der Waals surface area contributed by atoms with Crippen molar-refractivity contribution in [3.63, 3.8) is 0 Å². The SMILES string of the molecule is COc1cc2c(cc1C(=O)O)C(=O)C1=C(Cc3cc(C#N)ccc31)C2(C)C. The van der Waals surface area contributed by atoms with Crippen LogP contribution in [-0.2, 0) is 11.8 Å². The number of nitrogens with zero attached hydrogens (tertiary/aromatic N) is 1. The average molecular weight is 359 g/mol. The van der Waals surface area contributed by atoms with Crippen LogP contribution < -0.4 is 4.74 Å². The van der Waals surface area contributed by atoms with Gasteiger partial charge in [0.1, 0.15) is 11.3 Å². The Bertz CT molecular complexity index is 1120. The van der Waals surface area contributed by atoms with E-state index in [-0.39, 0.29) is 17.1 Å². The minimum absolute atomic E-state index is 0.0255. The zero-order valence-corrected chi connectivity index (χ0v) is 15.2. The predicted octanol–water partition coefficient (Wildman–Crippen LogP) is 3.75. The van der Waals surface area contributed by atoms with Crippen molar-refractivity contribution in [2.45, 2.75) is 25.7 Å². The number of methoxy groups -OCH3 is 1. The third kappa shape index (κ3) is 2.23. The van der Waals surface area contributed by atoms with Gasteiger partial charge < -0.3 is 9.84 Å². The fourth-order valence-corrected chi connectivity index (χ4v) is 4.21. The van der Waals surface area contributed by atoms with Gasteiger partial charge in [0.05, 0.1) is 18.7 Å². The monoisotopic (exact) mass is 359 g/mol. The van der Waals surface area contributed by atoms with Gasteiger partial charge >= 0.3 is 5.97 Å². The molecule has 0 atom stereocenters. The second kappa shape index (κ2) is 5.55. The van der Waals surface area contributed by atoms with Crippen LogP contribution in [0.1, 0.15) is 56.8 Å². The molecule has 0 unspecified atom stereocenters. The fraction of sp³-hybridized carbons (Fsp3) is 0.227. The van der Waals surface area contributed by atoms with Crippen molar-refractivity contribution < 1.29 is 19.4 Å². The molecule has 5 heteroatoms. The van der Waals surface area contributed by atoms with E-state index in [0.717, 1.165) is 22.3 Å². The average Bonchev–Trinajstić information content (AvgIpc) is 3.05. The maximum atomic E-state index is 13.3. The molecule has 0 aromatic heterocycles. The Labute approximate surface area is 156 Å². The minimum atomic E-state index is -1.13. The Morgan fingerprint density at radius 2 is 1.96 bits per heavy atom. The number of nitriles is 1. The Balaban J connectivity index is 1.97. The maximum absolute atomic E-state index is 13.3. The van der Waals surface area contributed by atoms with E-state index >= 15 is 0 Å². The van der Waals surface area contributed by atoms with Crippen LogP contribution in [0.5, 0.6) is 5.75 Å². The Hall–Kier alpha value is -3.39. The lowest BCUT2D eigenvalue weighted by Gasteiger charge is -2.34. The van der Waals surface area contributed by atoms with E-state index in [2.05, 4.69) is 6.07 Å². The number of fused-ring (bicyclic) bond motifs is 3. The molecule has 0 saturated carbocycles. The molecule has 0 fully saturated rings. The standard InChI is InChI=1S/C22H17NO4/c1-22(2)16-9-18(27-3)15(21(25)26)8-14(16)20(24)19-13-5-4-11(10-23)6-12(13)7-17(19)22/h4-6,8-9H,7H2,1-3H3,(H,25,26). The molecule has 1 N–H and O–H groups in total. The summed E-state index contributed by atoms with van der Waals surface area (Å²) in [6.07, 6.45) is 0.599. The van der Waals surface area contributed by atoms with Crippen molar-refractivity contribution in [1.82, 2.24) is 0 Å². The van der Waals surface area contributed by atoms with Gasteiger partial charge in [0.25, 0.3) is 0 Å². The summed E-state index contributed by atoms with van der Waals surface area (Å²) in [5, 5.41) is 18.6. The highest BCUT2D eigenvalue weighted by Gasteiger charge is 2.43. The molecule has 0 heterocycles. The fourth-order valence-electron chi connectivity index (χ4n) is 4.21. The molecule has 2 aliphatic rings.